The summed E-state index contributed by atoms with van der Waals surface area (Å²) in [5.41, 5.74) is 0.412. The maximum atomic E-state index is 13.6. The van der Waals surface area contributed by atoms with Crippen molar-refractivity contribution in [2.75, 3.05) is 30.5 Å². The number of halogens is 3. The van der Waals surface area contributed by atoms with Crippen molar-refractivity contribution < 1.29 is 27.8 Å². The average molecular weight is 452 g/mol. The van der Waals surface area contributed by atoms with Gasteiger partial charge in [0.1, 0.15) is 17.1 Å². The van der Waals surface area contributed by atoms with E-state index in [9.17, 15) is 18.3 Å². The first-order valence-electron chi connectivity index (χ1n) is 10.9. The minimum absolute atomic E-state index is 0.0262. The van der Waals surface area contributed by atoms with Gasteiger partial charge in [-0.15, -0.1) is 0 Å². The van der Waals surface area contributed by atoms with Crippen LogP contribution in [0, 0.1) is 5.92 Å². The number of hydrogen-bond donors (Lipinski definition) is 3. The number of rotatable bonds is 2. The fourth-order valence-electron chi connectivity index (χ4n) is 4.46. The number of aliphatic hydroxyl groups is 1. The van der Waals surface area contributed by atoms with E-state index in [0.29, 0.717) is 24.6 Å². The molecule has 1 unspecified atom stereocenters. The normalized spacial score (nSPS) is 29.5. The molecule has 4 aliphatic rings. The molecule has 12 heteroatoms. The molecular weight excluding hydrogens is 429 g/mol. The van der Waals surface area contributed by atoms with E-state index >= 15 is 0 Å². The van der Waals surface area contributed by atoms with Crippen LogP contribution in [0.4, 0.5) is 30.6 Å². The lowest BCUT2D eigenvalue weighted by atomic mass is 9.89. The second-order valence-corrected chi connectivity index (χ2v) is 8.93. The van der Waals surface area contributed by atoms with Gasteiger partial charge in [0.15, 0.2) is 0 Å². The molecule has 4 heterocycles. The summed E-state index contributed by atoms with van der Waals surface area (Å²) in [6, 6.07) is -0.588. The van der Waals surface area contributed by atoms with Crippen molar-refractivity contribution in [2.24, 2.45) is 5.92 Å². The summed E-state index contributed by atoms with van der Waals surface area (Å²) in [4.78, 5) is 8.11. The SMILES string of the molecule is O[C@H]1CCC1n1nc(C2CC2)c2c1OC[C@@H]1COC[C@H]1Nc1nc(ncc1C(F)(F)F)N2. The quantitative estimate of drug-likeness (QED) is 0.639. The fourth-order valence-corrected chi connectivity index (χ4v) is 4.46. The van der Waals surface area contributed by atoms with E-state index in [0.717, 1.165) is 31.2 Å². The van der Waals surface area contributed by atoms with Crippen molar-refractivity contribution in [3.8, 4) is 5.88 Å². The number of anilines is 3. The molecule has 9 nitrogen and oxygen atoms in total. The summed E-state index contributed by atoms with van der Waals surface area (Å²) >= 11 is 0. The highest BCUT2D eigenvalue weighted by molar-refractivity contribution is 5.66. The highest BCUT2D eigenvalue weighted by Gasteiger charge is 2.41. The maximum Gasteiger partial charge on any atom is 0.421 e. The predicted molar refractivity (Wildman–Crippen MR) is 106 cm³/mol. The third-order valence-electron chi connectivity index (χ3n) is 6.66. The smallest absolute Gasteiger partial charge is 0.421 e. The molecule has 0 radical (unpaired) electrons. The second kappa shape index (κ2) is 7.20. The topological polar surface area (TPSA) is 106 Å². The molecule has 2 aromatic heterocycles. The van der Waals surface area contributed by atoms with Crippen LogP contribution in [0.5, 0.6) is 5.88 Å². The highest BCUT2D eigenvalue weighted by atomic mass is 19.4. The number of nitrogens with one attached hydrogen (secondary N) is 2. The number of alkyl halides is 3. The molecule has 2 aliphatic heterocycles. The minimum Gasteiger partial charge on any atom is -0.476 e. The minimum atomic E-state index is -4.60. The average Bonchev–Trinajstić information content (AvgIpc) is 3.40. The monoisotopic (exact) mass is 452 g/mol. The predicted octanol–water partition coefficient (Wildman–Crippen LogP) is 2.83. The van der Waals surface area contributed by atoms with Crippen molar-refractivity contribution in [1.82, 2.24) is 19.7 Å². The Morgan fingerprint density at radius 3 is 2.66 bits per heavy atom. The summed E-state index contributed by atoms with van der Waals surface area (Å²) in [6.07, 6.45) is -0.902. The molecule has 2 aliphatic carbocycles. The third kappa shape index (κ3) is 3.36. The zero-order chi connectivity index (χ0) is 22.0. The lowest BCUT2D eigenvalue weighted by molar-refractivity contribution is -0.137. The Bertz CT molecular complexity index is 1040. The first-order valence-corrected chi connectivity index (χ1v) is 10.9. The van der Waals surface area contributed by atoms with Crippen LogP contribution in [0.25, 0.3) is 0 Å². The van der Waals surface area contributed by atoms with E-state index in [1.165, 1.54) is 0 Å². The number of fused-ring (bicyclic) bond motifs is 4. The molecule has 172 valence electrons. The summed E-state index contributed by atoms with van der Waals surface area (Å²) in [5.74, 6) is 0.262. The van der Waals surface area contributed by atoms with Gasteiger partial charge in [0, 0.05) is 18.0 Å². The maximum absolute atomic E-state index is 13.6. The molecule has 0 amide bonds. The number of ether oxygens (including phenoxy) is 2. The van der Waals surface area contributed by atoms with Gasteiger partial charge >= 0.3 is 6.18 Å². The molecule has 6 rings (SSSR count). The van der Waals surface area contributed by atoms with E-state index in [1.54, 1.807) is 4.68 Å². The van der Waals surface area contributed by atoms with Gasteiger partial charge in [-0.25, -0.2) is 9.67 Å². The largest absolute Gasteiger partial charge is 0.476 e. The van der Waals surface area contributed by atoms with Gasteiger partial charge in [-0.1, -0.05) is 0 Å². The van der Waals surface area contributed by atoms with Crippen LogP contribution in [0.1, 0.15) is 48.9 Å². The summed E-state index contributed by atoms with van der Waals surface area (Å²) in [6.45, 7) is 0.837. The number of aromatic nitrogens is 4. The van der Waals surface area contributed by atoms with Crippen LogP contribution in [0.2, 0.25) is 0 Å². The van der Waals surface area contributed by atoms with Gasteiger partial charge < -0.3 is 25.2 Å². The first kappa shape index (κ1) is 20.0. The molecule has 32 heavy (non-hydrogen) atoms. The Labute approximate surface area is 181 Å². The standard InChI is InChI=1S/C20H23F3N6O3/c21-20(22,23)11-5-24-19-26-16-15(9-1-2-9)28-29(13-3-4-14(13)30)18(16)32-7-10-6-31-8-12(10)25-17(11)27-19/h5,9-10,12-14,30H,1-4,6-8H2,(H2,24,25,26,27)/t10-,12+,13?,14-/m0/s1. The van der Waals surface area contributed by atoms with Gasteiger partial charge in [0.2, 0.25) is 11.8 Å². The summed E-state index contributed by atoms with van der Waals surface area (Å²) < 4.78 is 54.3. The molecular formula is C20H23F3N6O3. The van der Waals surface area contributed by atoms with Crippen LogP contribution < -0.4 is 15.4 Å². The van der Waals surface area contributed by atoms with Crippen molar-refractivity contribution in [3.05, 3.63) is 17.5 Å². The first-order chi connectivity index (χ1) is 15.4. The zero-order valence-electron chi connectivity index (χ0n) is 17.1. The van der Waals surface area contributed by atoms with Crippen LogP contribution >= 0.6 is 0 Å². The molecule has 0 aromatic carbocycles. The molecule has 2 saturated carbocycles. The molecule has 1 saturated heterocycles. The third-order valence-corrected chi connectivity index (χ3v) is 6.66. The van der Waals surface area contributed by atoms with Crippen molar-refractivity contribution in [3.63, 3.8) is 0 Å². The van der Waals surface area contributed by atoms with E-state index < -0.39 is 23.9 Å². The number of aliphatic hydroxyl groups excluding tert-OH is 1. The highest BCUT2D eigenvalue weighted by Crippen LogP contribution is 2.49. The molecule has 2 aromatic rings. The number of hydrogen-bond acceptors (Lipinski definition) is 8. The second-order valence-electron chi connectivity index (χ2n) is 8.93. The Morgan fingerprint density at radius 2 is 1.97 bits per heavy atom. The van der Waals surface area contributed by atoms with Crippen LogP contribution in [0.15, 0.2) is 6.20 Å². The van der Waals surface area contributed by atoms with E-state index in [2.05, 4.69) is 20.6 Å². The molecule has 3 fully saturated rings. The Balaban J connectivity index is 1.47. The van der Waals surface area contributed by atoms with Crippen molar-refractivity contribution >= 4 is 17.5 Å². The van der Waals surface area contributed by atoms with E-state index in [1.807, 2.05) is 0 Å². The van der Waals surface area contributed by atoms with E-state index in [-0.39, 0.29) is 42.9 Å². The number of nitrogens with zero attached hydrogens (tertiary/aromatic N) is 4. The summed E-state index contributed by atoms with van der Waals surface area (Å²) in [5, 5.41) is 21.0. The van der Waals surface area contributed by atoms with Crippen LogP contribution in [0.3, 0.4) is 0 Å². The van der Waals surface area contributed by atoms with Gasteiger partial charge in [-0.05, 0) is 25.7 Å². The van der Waals surface area contributed by atoms with Gasteiger partial charge in [-0.2, -0.15) is 23.3 Å². The lowest BCUT2D eigenvalue weighted by Crippen LogP contribution is -2.36. The van der Waals surface area contributed by atoms with Crippen LogP contribution in [-0.2, 0) is 10.9 Å². The molecule has 0 spiro atoms. The van der Waals surface area contributed by atoms with Crippen molar-refractivity contribution in [1.29, 1.82) is 0 Å². The molecule has 4 atom stereocenters. The zero-order valence-corrected chi connectivity index (χ0v) is 17.1. The Hall–Kier alpha value is -2.60. The van der Waals surface area contributed by atoms with E-state index in [4.69, 9.17) is 14.6 Å². The Kier molecular flexibility index (Phi) is 4.51. The van der Waals surface area contributed by atoms with Gasteiger partial charge in [-0.3, -0.25) is 0 Å². The van der Waals surface area contributed by atoms with Gasteiger partial charge in [0.25, 0.3) is 0 Å². The van der Waals surface area contributed by atoms with Crippen molar-refractivity contribution in [2.45, 2.75) is 56.0 Å². The lowest BCUT2D eigenvalue weighted by Gasteiger charge is -2.33. The fraction of sp³-hybridized carbons (Fsp3) is 0.650. The molecule has 2 bridgehead atoms. The Morgan fingerprint density at radius 1 is 1.12 bits per heavy atom. The van der Waals surface area contributed by atoms with Gasteiger partial charge in [0.05, 0.1) is 43.7 Å². The van der Waals surface area contributed by atoms with Crippen LogP contribution in [-0.4, -0.2) is 56.8 Å². The summed E-state index contributed by atoms with van der Waals surface area (Å²) in [7, 11) is 0. The molecule has 3 N–H and O–H groups in total.